The molecule has 0 saturated carbocycles. The lowest BCUT2D eigenvalue weighted by molar-refractivity contribution is 0.259. The van der Waals surface area contributed by atoms with Crippen LogP contribution in [0.15, 0.2) is 212 Å². The summed E-state index contributed by atoms with van der Waals surface area (Å²) in [6.45, 7) is 11.7. The van der Waals surface area contributed by atoms with E-state index < -0.39 is 14.2 Å². The number of nitrogens with one attached hydrogen (secondary N) is 1. The van der Waals surface area contributed by atoms with Gasteiger partial charge in [-0.15, -0.1) is 11.6 Å². The van der Waals surface area contributed by atoms with Crippen molar-refractivity contribution in [1.82, 2.24) is 10.2 Å². The summed E-state index contributed by atoms with van der Waals surface area (Å²) in [5, 5.41) is 56.9. The van der Waals surface area contributed by atoms with Crippen LogP contribution in [0, 0.1) is 0 Å². The van der Waals surface area contributed by atoms with E-state index in [4.69, 9.17) is 27.4 Å². The standard InChI is InChI=1S/C25H26BNO2.C18H19N.C15H11Cl.C7H8BBrO2.C3H9N/c1-2-15-27(17-21-11-5-8-14-25(21)26(28)29)18-24-22-12-6-3-9-19(22)16-20-10-4-7-13-23(20)24;1-2-11-19-13-18-16-9-5-3-7-14(16)12-15-8-4-6-10-17(15)18;16-10-15-13-7-3-1-5-11(13)9-12-6-2-4-8-14(12)15;9-5-6-3-1-2-4-7(6)8(10)11;1-2-3-4/h3-14,16,28-29H,2,15,17-18H2,1H3;3-10,12,19H,2,11,13H2,1H3;1-9H,10H2;1-4,10-11H,5H2;2-4H2,1H3. The molecule has 0 aliphatic rings. The van der Waals surface area contributed by atoms with Crippen LogP contribution in [-0.4, -0.2) is 58.9 Å². The Hall–Kier alpha value is -6.40. The predicted molar refractivity (Wildman–Crippen MR) is 345 cm³/mol. The molecule has 404 valence electrons. The van der Waals surface area contributed by atoms with Crippen LogP contribution in [0.4, 0.5) is 0 Å². The molecule has 11 rings (SSSR count). The van der Waals surface area contributed by atoms with Crippen LogP contribution in [0.3, 0.4) is 0 Å². The molecule has 0 fully saturated rings. The number of rotatable bonds is 15. The number of benzene rings is 11. The Kier molecular flexibility index (Phi) is 23.9. The number of halogens is 2. The van der Waals surface area contributed by atoms with Gasteiger partial charge in [-0.25, -0.2) is 0 Å². The second kappa shape index (κ2) is 31.4. The largest absolute Gasteiger partial charge is 0.488 e. The van der Waals surface area contributed by atoms with Crippen molar-refractivity contribution < 1.29 is 20.1 Å². The monoisotopic (exact) mass is 1130 g/mol. The smallest absolute Gasteiger partial charge is 0.423 e. The van der Waals surface area contributed by atoms with Gasteiger partial charge in [0.15, 0.2) is 0 Å². The fourth-order valence-corrected chi connectivity index (χ4v) is 10.9. The van der Waals surface area contributed by atoms with Crippen molar-refractivity contribution in [1.29, 1.82) is 0 Å². The summed E-state index contributed by atoms with van der Waals surface area (Å²) in [5.41, 5.74) is 12.0. The molecule has 11 aromatic rings. The Morgan fingerprint density at radius 1 is 0.443 bits per heavy atom. The first-order chi connectivity index (χ1) is 38.6. The first-order valence-electron chi connectivity index (χ1n) is 27.4. The minimum atomic E-state index is -1.45. The van der Waals surface area contributed by atoms with Gasteiger partial charge in [-0.1, -0.05) is 231 Å². The number of nitrogens with two attached hydrogens (primary N) is 1. The Morgan fingerprint density at radius 2 is 0.785 bits per heavy atom. The maximum Gasteiger partial charge on any atom is 0.488 e. The SMILES string of the molecule is CCCN.CCCN(Cc1ccccc1B(O)O)Cc1c2ccccc2cc2ccccc12.CCCNCc1c2ccccc2cc2ccccc12.ClCc1c2ccccc2cc2ccccc12.OB(O)c1ccccc1CBr. The molecule has 7 N–H and O–H groups in total. The van der Waals surface area contributed by atoms with Crippen LogP contribution in [0.1, 0.15) is 67.9 Å². The van der Waals surface area contributed by atoms with Gasteiger partial charge in [-0.2, -0.15) is 0 Å². The van der Waals surface area contributed by atoms with Crippen molar-refractivity contribution in [3.63, 3.8) is 0 Å². The molecule has 79 heavy (non-hydrogen) atoms. The first kappa shape index (κ1) is 60.2. The summed E-state index contributed by atoms with van der Waals surface area (Å²) in [5.74, 6) is 0.557. The summed E-state index contributed by atoms with van der Waals surface area (Å²) < 4.78 is 0. The highest BCUT2D eigenvalue weighted by atomic mass is 79.9. The maximum atomic E-state index is 9.76. The summed E-state index contributed by atoms with van der Waals surface area (Å²) >= 11 is 9.34. The average Bonchev–Trinajstić information content (AvgIpc) is 3.54. The number of hydrogen-bond donors (Lipinski definition) is 6. The molecular formula is C68H73B2BrClN3O4. The van der Waals surface area contributed by atoms with E-state index in [0.717, 1.165) is 56.7 Å². The van der Waals surface area contributed by atoms with Gasteiger partial charge in [0.25, 0.3) is 0 Å². The predicted octanol–water partition coefficient (Wildman–Crippen LogP) is 13.9. The van der Waals surface area contributed by atoms with Crippen molar-refractivity contribution in [2.75, 3.05) is 19.6 Å². The lowest BCUT2D eigenvalue weighted by Gasteiger charge is -2.25. The van der Waals surface area contributed by atoms with Gasteiger partial charge in [0.1, 0.15) is 0 Å². The van der Waals surface area contributed by atoms with E-state index >= 15 is 0 Å². The molecule has 0 saturated heterocycles. The van der Waals surface area contributed by atoms with E-state index in [2.05, 4.69) is 211 Å². The van der Waals surface area contributed by atoms with Gasteiger partial charge in [0, 0.05) is 30.8 Å². The second-order valence-corrected chi connectivity index (χ2v) is 20.3. The van der Waals surface area contributed by atoms with E-state index in [9.17, 15) is 10.0 Å². The zero-order chi connectivity index (χ0) is 55.9. The average molecular weight is 1130 g/mol. The van der Waals surface area contributed by atoms with E-state index in [0.29, 0.717) is 28.7 Å². The zero-order valence-electron chi connectivity index (χ0n) is 45.7. The van der Waals surface area contributed by atoms with Gasteiger partial charge in [-0.05, 0) is 160 Å². The summed E-state index contributed by atoms with van der Waals surface area (Å²) in [6, 6.07) is 72.8. The zero-order valence-corrected chi connectivity index (χ0v) is 48.1. The van der Waals surface area contributed by atoms with Crippen LogP contribution in [0.25, 0.3) is 64.6 Å². The Labute approximate surface area is 481 Å². The molecule has 11 aromatic carbocycles. The van der Waals surface area contributed by atoms with Crippen molar-refractivity contribution in [2.45, 2.75) is 70.9 Å². The minimum absolute atomic E-state index is 0.557. The van der Waals surface area contributed by atoms with Gasteiger partial charge < -0.3 is 31.1 Å². The van der Waals surface area contributed by atoms with Crippen LogP contribution >= 0.6 is 27.5 Å². The molecule has 0 spiro atoms. The lowest BCUT2D eigenvalue weighted by atomic mass is 9.77. The molecule has 0 bridgehead atoms. The fraction of sp³-hybridized carbons (Fsp3) is 0.206. The van der Waals surface area contributed by atoms with Crippen LogP contribution < -0.4 is 22.0 Å². The van der Waals surface area contributed by atoms with E-state index in [-0.39, 0.29) is 0 Å². The van der Waals surface area contributed by atoms with Crippen LogP contribution in [0.5, 0.6) is 0 Å². The topological polar surface area (TPSA) is 122 Å². The van der Waals surface area contributed by atoms with E-state index in [1.54, 1.807) is 18.2 Å². The third kappa shape index (κ3) is 16.1. The molecule has 0 aromatic heterocycles. The molecule has 0 aliphatic carbocycles. The van der Waals surface area contributed by atoms with Crippen molar-refractivity contribution >= 4 is 117 Å². The van der Waals surface area contributed by atoms with Gasteiger partial charge in [-0.3, -0.25) is 4.90 Å². The quantitative estimate of drug-likeness (QED) is 0.0262. The normalized spacial score (nSPS) is 10.9. The van der Waals surface area contributed by atoms with E-state index in [1.807, 2.05) is 30.3 Å². The van der Waals surface area contributed by atoms with Crippen LogP contribution in [0.2, 0.25) is 0 Å². The van der Waals surface area contributed by atoms with Gasteiger partial charge >= 0.3 is 14.2 Å². The number of hydrogen-bond acceptors (Lipinski definition) is 7. The number of nitrogens with zero attached hydrogens (tertiary/aromatic N) is 1. The summed E-state index contributed by atoms with van der Waals surface area (Å²) in [7, 11) is -2.82. The van der Waals surface area contributed by atoms with E-state index in [1.165, 1.54) is 87.7 Å². The number of alkyl halides is 2. The Bertz CT molecular complexity index is 3510. The summed E-state index contributed by atoms with van der Waals surface area (Å²) in [6.07, 6.45) is 3.30. The molecule has 7 nitrogen and oxygen atoms in total. The summed E-state index contributed by atoms with van der Waals surface area (Å²) in [4.78, 5) is 2.40. The molecule has 0 atom stereocenters. The molecule has 0 heterocycles. The molecule has 0 amide bonds. The molecule has 0 unspecified atom stereocenters. The highest BCUT2D eigenvalue weighted by Crippen LogP contribution is 2.32. The fourth-order valence-electron chi connectivity index (χ4n) is 10.1. The number of fused-ring (bicyclic) bond motifs is 6. The van der Waals surface area contributed by atoms with Crippen molar-refractivity contribution in [3.8, 4) is 0 Å². The lowest BCUT2D eigenvalue weighted by Crippen LogP contribution is -2.35. The van der Waals surface area contributed by atoms with Crippen molar-refractivity contribution in [3.05, 3.63) is 240 Å². The maximum absolute atomic E-state index is 9.76. The molecule has 11 heteroatoms. The Morgan fingerprint density at radius 3 is 1.13 bits per heavy atom. The molecular weight excluding hydrogens is 1060 g/mol. The highest BCUT2D eigenvalue weighted by Gasteiger charge is 2.19. The minimum Gasteiger partial charge on any atom is -0.423 e. The highest BCUT2D eigenvalue weighted by molar-refractivity contribution is 9.08. The third-order valence-corrected chi connectivity index (χ3v) is 14.8. The first-order valence-corrected chi connectivity index (χ1v) is 29.1. The van der Waals surface area contributed by atoms with Gasteiger partial charge in [0.05, 0.1) is 0 Å². The third-order valence-electron chi connectivity index (χ3n) is 13.9. The van der Waals surface area contributed by atoms with Gasteiger partial charge in [0.2, 0.25) is 0 Å². The molecule has 0 radical (unpaired) electrons. The van der Waals surface area contributed by atoms with Crippen LogP contribution in [-0.2, 0) is 30.8 Å². The molecule has 0 aliphatic heterocycles. The van der Waals surface area contributed by atoms with Crippen molar-refractivity contribution in [2.24, 2.45) is 5.73 Å². The Balaban J connectivity index is 0.000000157. The second-order valence-electron chi connectivity index (χ2n) is 19.5.